The van der Waals surface area contributed by atoms with E-state index >= 15 is 0 Å². The summed E-state index contributed by atoms with van der Waals surface area (Å²) < 4.78 is 12.8. The fourth-order valence-electron chi connectivity index (χ4n) is 2.10. The van der Waals surface area contributed by atoms with Crippen molar-refractivity contribution in [2.24, 2.45) is 5.73 Å². The molecule has 4 heteroatoms. The quantitative estimate of drug-likeness (QED) is 0.867. The first-order valence-electron chi connectivity index (χ1n) is 5.90. The number of hydrogen-bond donors (Lipinski definition) is 1. The molecule has 0 bridgehead atoms. The summed E-state index contributed by atoms with van der Waals surface area (Å²) >= 11 is 0. The zero-order chi connectivity index (χ0) is 12.4. The van der Waals surface area contributed by atoms with Crippen molar-refractivity contribution < 1.29 is 9.18 Å². The molecule has 0 unspecified atom stereocenters. The van der Waals surface area contributed by atoms with Crippen LogP contribution in [0.3, 0.4) is 0 Å². The van der Waals surface area contributed by atoms with Crippen molar-refractivity contribution >= 4 is 5.91 Å². The van der Waals surface area contributed by atoms with Crippen LogP contribution in [-0.4, -0.2) is 23.4 Å². The van der Waals surface area contributed by atoms with E-state index in [1.54, 1.807) is 12.1 Å². The Bertz CT molecular complexity index is 400. The Kier molecular flexibility index (Phi) is 3.43. The Morgan fingerprint density at radius 2 is 2.06 bits per heavy atom. The van der Waals surface area contributed by atoms with E-state index in [0.717, 1.165) is 18.4 Å². The molecule has 1 saturated carbocycles. The average molecular weight is 236 g/mol. The SMILES string of the molecule is C[C@@H](c1ccc(F)cc1)N(C(=O)CN)C1CC1. The minimum atomic E-state index is -0.260. The molecule has 0 spiro atoms. The zero-order valence-electron chi connectivity index (χ0n) is 9.90. The number of nitrogens with two attached hydrogens (primary N) is 1. The van der Waals surface area contributed by atoms with Gasteiger partial charge in [-0.1, -0.05) is 12.1 Å². The molecular weight excluding hydrogens is 219 g/mol. The van der Waals surface area contributed by atoms with Crippen LogP contribution in [0, 0.1) is 5.82 Å². The Morgan fingerprint density at radius 1 is 1.47 bits per heavy atom. The topological polar surface area (TPSA) is 46.3 Å². The van der Waals surface area contributed by atoms with Gasteiger partial charge in [0.25, 0.3) is 0 Å². The number of carbonyl (C=O) groups excluding carboxylic acids is 1. The van der Waals surface area contributed by atoms with Gasteiger partial charge in [0, 0.05) is 6.04 Å². The Balaban J connectivity index is 2.18. The third-order valence-corrected chi connectivity index (χ3v) is 3.17. The van der Waals surface area contributed by atoms with Gasteiger partial charge < -0.3 is 10.6 Å². The van der Waals surface area contributed by atoms with Crippen LogP contribution in [0.4, 0.5) is 4.39 Å². The van der Waals surface area contributed by atoms with E-state index in [4.69, 9.17) is 5.73 Å². The van der Waals surface area contributed by atoms with Crippen LogP contribution in [0.2, 0.25) is 0 Å². The Labute approximate surface area is 100 Å². The van der Waals surface area contributed by atoms with Crippen molar-refractivity contribution in [1.82, 2.24) is 4.90 Å². The lowest BCUT2D eigenvalue weighted by Gasteiger charge is -2.29. The molecule has 0 radical (unpaired) electrons. The molecule has 2 N–H and O–H groups in total. The number of hydrogen-bond acceptors (Lipinski definition) is 2. The molecular formula is C13H17FN2O. The zero-order valence-corrected chi connectivity index (χ0v) is 9.90. The second kappa shape index (κ2) is 4.84. The van der Waals surface area contributed by atoms with E-state index in [0.29, 0.717) is 6.04 Å². The minimum absolute atomic E-state index is 0.0298. The highest BCUT2D eigenvalue weighted by atomic mass is 19.1. The highest BCUT2D eigenvalue weighted by Gasteiger charge is 2.35. The van der Waals surface area contributed by atoms with Crippen LogP contribution in [0.25, 0.3) is 0 Å². The molecule has 0 aliphatic heterocycles. The molecule has 2 rings (SSSR count). The molecule has 1 aliphatic rings. The molecule has 1 aromatic rings. The standard InChI is InChI=1S/C13H17FN2O/c1-9(10-2-4-11(14)5-3-10)16(12-6-7-12)13(17)8-15/h2-5,9,12H,6-8,15H2,1H3/t9-/m0/s1. The van der Waals surface area contributed by atoms with Crippen LogP contribution in [-0.2, 0) is 4.79 Å². The largest absolute Gasteiger partial charge is 0.332 e. The minimum Gasteiger partial charge on any atom is -0.332 e. The molecule has 17 heavy (non-hydrogen) atoms. The van der Waals surface area contributed by atoms with Crippen molar-refractivity contribution in [3.8, 4) is 0 Å². The van der Waals surface area contributed by atoms with Crippen LogP contribution in [0.1, 0.15) is 31.4 Å². The van der Waals surface area contributed by atoms with Gasteiger partial charge >= 0.3 is 0 Å². The molecule has 0 saturated heterocycles. The van der Waals surface area contributed by atoms with Gasteiger partial charge in [0.15, 0.2) is 0 Å². The van der Waals surface area contributed by atoms with Crippen molar-refractivity contribution in [2.75, 3.05) is 6.54 Å². The Hall–Kier alpha value is -1.42. The highest BCUT2D eigenvalue weighted by Crippen LogP contribution is 2.34. The lowest BCUT2D eigenvalue weighted by Crippen LogP contribution is -2.39. The average Bonchev–Trinajstić information content (AvgIpc) is 3.14. The molecule has 1 aromatic carbocycles. The van der Waals surface area contributed by atoms with Gasteiger partial charge in [-0.15, -0.1) is 0 Å². The molecule has 1 fully saturated rings. The van der Waals surface area contributed by atoms with Gasteiger partial charge in [-0.25, -0.2) is 4.39 Å². The highest BCUT2D eigenvalue weighted by molar-refractivity contribution is 5.79. The summed E-state index contributed by atoms with van der Waals surface area (Å²) in [6.45, 7) is 1.99. The molecule has 0 aromatic heterocycles. The molecule has 0 heterocycles. The van der Waals surface area contributed by atoms with Crippen LogP contribution < -0.4 is 5.73 Å². The maximum absolute atomic E-state index is 12.8. The summed E-state index contributed by atoms with van der Waals surface area (Å²) in [5.74, 6) is -0.298. The number of benzene rings is 1. The number of carbonyl (C=O) groups is 1. The molecule has 3 nitrogen and oxygen atoms in total. The fourth-order valence-corrected chi connectivity index (χ4v) is 2.10. The summed E-state index contributed by atoms with van der Waals surface area (Å²) in [5, 5.41) is 0. The van der Waals surface area contributed by atoms with Crippen molar-refractivity contribution in [3.05, 3.63) is 35.6 Å². The normalized spacial score (nSPS) is 16.6. The summed E-state index contributed by atoms with van der Waals surface area (Å²) in [7, 11) is 0. The lowest BCUT2D eigenvalue weighted by molar-refractivity contribution is -0.132. The van der Waals surface area contributed by atoms with Gasteiger partial charge in [0.2, 0.25) is 5.91 Å². The van der Waals surface area contributed by atoms with E-state index in [2.05, 4.69) is 0 Å². The summed E-state index contributed by atoms with van der Waals surface area (Å²) in [6, 6.07) is 6.55. The smallest absolute Gasteiger partial charge is 0.237 e. The van der Waals surface area contributed by atoms with Crippen molar-refractivity contribution in [1.29, 1.82) is 0 Å². The summed E-state index contributed by atoms with van der Waals surface area (Å²) in [5.41, 5.74) is 6.37. The number of nitrogens with zero attached hydrogens (tertiary/aromatic N) is 1. The first-order valence-corrected chi connectivity index (χ1v) is 5.90. The third-order valence-electron chi connectivity index (χ3n) is 3.17. The van der Waals surface area contributed by atoms with Crippen molar-refractivity contribution in [2.45, 2.75) is 31.8 Å². The number of amides is 1. The van der Waals surface area contributed by atoms with E-state index < -0.39 is 0 Å². The number of halogens is 1. The van der Waals surface area contributed by atoms with Gasteiger partial charge in [-0.2, -0.15) is 0 Å². The van der Waals surface area contributed by atoms with Crippen LogP contribution in [0.5, 0.6) is 0 Å². The van der Waals surface area contributed by atoms with Crippen LogP contribution in [0.15, 0.2) is 24.3 Å². The third kappa shape index (κ3) is 2.64. The van der Waals surface area contributed by atoms with Gasteiger partial charge in [-0.3, -0.25) is 4.79 Å². The van der Waals surface area contributed by atoms with E-state index in [1.165, 1.54) is 12.1 Å². The number of rotatable bonds is 4. The first-order chi connectivity index (χ1) is 8.13. The predicted octanol–water partition coefficient (Wildman–Crippen LogP) is 1.84. The monoisotopic (exact) mass is 236 g/mol. The first kappa shape index (κ1) is 12.0. The Morgan fingerprint density at radius 3 is 2.53 bits per heavy atom. The molecule has 1 atom stereocenters. The van der Waals surface area contributed by atoms with Gasteiger partial charge in [-0.05, 0) is 37.5 Å². The van der Waals surface area contributed by atoms with E-state index in [1.807, 2.05) is 11.8 Å². The van der Waals surface area contributed by atoms with E-state index in [9.17, 15) is 9.18 Å². The van der Waals surface area contributed by atoms with Crippen LogP contribution >= 0.6 is 0 Å². The predicted molar refractivity (Wildman–Crippen MR) is 63.7 cm³/mol. The molecule has 1 amide bonds. The second-order valence-electron chi connectivity index (χ2n) is 4.46. The lowest BCUT2D eigenvalue weighted by atomic mass is 10.1. The molecule has 1 aliphatic carbocycles. The van der Waals surface area contributed by atoms with E-state index in [-0.39, 0.29) is 24.3 Å². The molecule has 92 valence electrons. The maximum atomic E-state index is 12.8. The summed E-state index contributed by atoms with van der Waals surface area (Å²) in [6.07, 6.45) is 2.08. The van der Waals surface area contributed by atoms with Gasteiger partial charge in [0.05, 0.1) is 12.6 Å². The van der Waals surface area contributed by atoms with Crippen molar-refractivity contribution in [3.63, 3.8) is 0 Å². The maximum Gasteiger partial charge on any atom is 0.237 e. The summed E-state index contributed by atoms with van der Waals surface area (Å²) in [4.78, 5) is 13.6. The van der Waals surface area contributed by atoms with Gasteiger partial charge in [0.1, 0.15) is 5.82 Å². The fraction of sp³-hybridized carbons (Fsp3) is 0.462. The second-order valence-corrected chi connectivity index (χ2v) is 4.46.